The van der Waals surface area contributed by atoms with Gasteiger partial charge in [0, 0.05) is 10.4 Å². The molecule has 0 unspecified atom stereocenters. The Labute approximate surface area is 128 Å². The zero-order chi connectivity index (χ0) is 15.6. The molecule has 0 atom stereocenters. The molecule has 1 heterocycles. The van der Waals surface area contributed by atoms with E-state index in [1.54, 1.807) is 0 Å². The van der Waals surface area contributed by atoms with Crippen LogP contribution >= 0.6 is 11.3 Å². The Morgan fingerprint density at radius 2 is 2.00 bits per heavy atom. The fourth-order valence-corrected chi connectivity index (χ4v) is 3.35. The molecule has 0 bridgehead atoms. The first-order valence-electron chi connectivity index (χ1n) is 7.06. The third-order valence-electron chi connectivity index (χ3n) is 3.41. The molecule has 6 nitrogen and oxygen atoms in total. The average molecular weight is 311 g/mol. The van der Waals surface area contributed by atoms with Gasteiger partial charge in [-0.05, 0) is 46.5 Å². The first-order valence-corrected chi connectivity index (χ1v) is 7.88. The highest BCUT2D eigenvalue weighted by Gasteiger charge is 2.29. The van der Waals surface area contributed by atoms with Crippen molar-refractivity contribution >= 4 is 28.5 Å². The number of carboxylic acid groups (broad SMARTS) is 1. The molecule has 0 saturated carbocycles. The Hall–Kier alpha value is -1.63. The molecule has 2 N–H and O–H groups in total. The normalized spacial score (nSPS) is 14.4. The maximum Gasteiger partial charge on any atom is 0.324 e. The van der Waals surface area contributed by atoms with Crippen molar-refractivity contribution in [2.45, 2.75) is 52.0 Å². The second-order valence-electron chi connectivity index (χ2n) is 6.18. The highest BCUT2D eigenvalue weighted by Crippen LogP contribution is 2.30. The van der Waals surface area contributed by atoms with Gasteiger partial charge < -0.3 is 10.0 Å². The van der Waals surface area contributed by atoms with E-state index in [1.807, 2.05) is 20.8 Å². The summed E-state index contributed by atoms with van der Waals surface area (Å²) in [6.07, 6.45) is 4.27. The van der Waals surface area contributed by atoms with Crippen LogP contribution in [0.5, 0.6) is 0 Å². The van der Waals surface area contributed by atoms with Crippen LogP contribution in [0.4, 0.5) is 9.93 Å². The van der Waals surface area contributed by atoms with Gasteiger partial charge in [-0.15, -0.1) is 11.3 Å². The Morgan fingerprint density at radius 3 is 2.57 bits per heavy atom. The van der Waals surface area contributed by atoms with Crippen molar-refractivity contribution in [2.75, 3.05) is 11.9 Å². The molecule has 1 aromatic rings. The largest absolute Gasteiger partial charge is 0.480 e. The van der Waals surface area contributed by atoms with E-state index in [-0.39, 0.29) is 6.54 Å². The van der Waals surface area contributed by atoms with Crippen molar-refractivity contribution in [3.8, 4) is 0 Å². The number of thiazole rings is 1. The van der Waals surface area contributed by atoms with E-state index in [0.29, 0.717) is 5.13 Å². The molecule has 0 radical (unpaired) electrons. The van der Waals surface area contributed by atoms with Crippen molar-refractivity contribution in [1.82, 2.24) is 9.88 Å². The Morgan fingerprint density at radius 1 is 1.33 bits per heavy atom. The van der Waals surface area contributed by atoms with Crippen LogP contribution in [-0.4, -0.2) is 39.1 Å². The van der Waals surface area contributed by atoms with Gasteiger partial charge >= 0.3 is 12.0 Å². The van der Waals surface area contributed by atoms with E-state index in [0.717, 1.165) is 31.4 Å². The number of nitrogens with one attached hydrogen (secondary N) is 1. The lowest BCUT2D eigenvalue weighted by Crippen LogP contribution is -2.50. The maximum atomic E-state index is 12.3. The van der Waals surface area contributed by atoms with Crippen molar-refractivity contribution in [1.29, 1.82) is 0 Å². The van der Waals surface area contributed by atoms with Crippen LogP contribution in [0, 0.1) is 0 Å². The second kappa shape index (κ2) is 6.01. The summed E-state index contributed by atoms with van der Waals surface area (Å²) >= 11 is 1.49. The van der Waals surface area contributed by atoms with Crippen LogP contribution in [0.15, 0.2) is 0 Å². The molecular formula is C14H21N3O3S. The standard InChI is InChI=1S/C14H21N3O3S/c1-14(2,3)17(8-11(18)19)13(20)16-12-15-9-6-4-5-7-10(9)21-12/h4-8H2,1-3H3,(H,18,19)(H,15,16,20). The number of fused-ring (bicyclic) bond motifs is 1. The summed E-state index contributed by atoms with van der Waals surface area (Å²) in [7, 11) is 0. The average Bonchev–Trinajstić information content (AvgIpc) is 2.76. The predicted molar refractivity (Wildman–Crippen MR) is 81.9 cm³/mol. The summed E-state index contributed by atoms with van der Waals surface area (Å²) in [5.41, 5.74) is 0.501. The SMILES string of the molecule is CC(C)(C)N(CC(=O)O)C(=O)Nc1nc2c(s1)CCCC2. The number of aliphatic carboxylic acids is 1. The summed E-state index contributed by atoms with van der Waals surface area (Å²) in [5.74, 6) is -1.03. The van der Waals surface area contributed by atoms with Gasteiger partial charge in [-0.25, -0.2) is 9.78 Å². The predicted octanol–water partition coefficient (Wildman–Crippen LogP) is 2.74. The van der Waals surface area contributed by atoms with Gasteiger partial charge in [0.05, 0.1) is 5.69 Å². The number of urea groups is 1. The maximum absolute atomic E-state index is 12.3. The number of rotatable bonds is 3. The minimum Gasteiger partial charge on any atom is -0.480 e. The lowest BCUT2D eigenvalue weighted by Gasteiger charge is -2.33. The third-order valence-corrected chi connectivity index (χ3v) is 4.48. The number of carbonyl (C=O) groups excluding carboxylic acids is 1. The molecule has 0 spiro atoms. The molecule has 0 saturated heterocycles. The number of aryl methyl sites for hydroxylation is 2. The van der Waals surface area contributed by atoms with Crippen molar-refractivity contribution in [3.63, 3.8) is 0 Å². The molecule has 1 aliphatic carbocycles. The molecule has 0 aromatic carbocycles. The number of carboxylic acids is 1. The van der Waals surface area contributed by atoms with Crippen LogP contribution in [-0.2, 0) is 17.6 Å². The first-order chi connectivity index (χ1) is 9.77. The zero-order valence-electron chi connectivity index (χ0n) is 12.6. The number of carbonyl (C=O) groups is 2. The Balaban J connectivity index is 2.11. The number of nitrogens with zero attached hydrogens (tertiary/aromatic N) is 2. The number of amides is 2. The Bertz CT molecular complexity index is 525. The zero-order valence-corrected chi connectivity index (χ0v) is 13.4. The Kier molecular flexibility index (Phi) is 4.51. The number of aromatic nitrogens is 1. The number of hydrogen-bond donors (Lipinski definition) is 2. The monoisotopic (exact) mass is 311 g/mol. The first kappa shape index (κ1) is 15.8. The van der Waals surface area contributed by atoms with E-state index >= 15 is 0 Å². The van der Waals surface area contributed by atoms with Gasteiger partial charge in [0.15, 0.2) is 5.13 Å². The molecular weight excluding hydrogens is 290 g/mol. The highest BCUT2D eigenvalue weighted by molar-refractivity contribution is 7.15. The summed E-state index contributed by atoms with van der Waals surface area (Å²) in [6, 6.07) is -0.420. The lowest BCUT2D eigenvalue weighted by molar-refractivity contribution is -0.138. The fraction of sp³-hybridized carbons (Fsp3) is 0.643. The van der Waals surface area contributed by atoms with Crippen LogP contribution in [0.2, 0.25) is 0 Å². The smallest absolute Gasteiger partial charge is 0.324 e. The summed E-state index contributed by atoms with van der Waals surface area (Å²) in [5, 5.41) is 12.3. The van der Waals surface area contributed by atoms with Gasteiger partial charge in [0.25, 0.3) is 0 Å². The molecule has 2 amide bonds. The fourth-order valence-electron chi connectivity index (χ4n) is 2.31. The molecule has 1 aromatic heterocycles. The second-order valence-corrected chi connectivity index (χ2v) is 7.26. The van der Waals surface area contributed by atoms with E-state index in [2.05, 4.69) is 10.3 Å². The van der Waals surface area contributed by atoms with E-state index in [9.17, 15) is 9.59 Å². The number of anilines is 1. The van der Waals surface area contributed by atoms with Crippen LogP contribution in [0.25, 0.3) is 0 Å². The minimum atomic E-state index is -1.03. The molecule has 0 fully saturated rings. The lowest BCUT2D eigenvalue weighted by atomic mass is 10.0. The van der Waals surface area contributed by atoms with Crippen LogP contribution in [0.1, 0.15) is 44.2 Å². The molecule has 21 heavy (non-hydrogen) atoms. The van der Waals surface area contributed by atoms with Gasteiger partial charge in [-0.1, -0.05) is 0 Å². The summed E-state index contributed by atoms with van der Waals surface area (Å²) in [4.78, 5) is 30.2. The van der Waals surface area contributed by atoms with Crippen molar-refractivity contribution in [3.05, 3.63) is 10.6 Å². The van der Waals surface area contributed by atoms with Crippen LogP contribution in [0.3, 0.4) is 0 Å². The van der Waals surface area contributed by atoms with Crippen molar-refractivity contribution < 1.29 is 14.7 Å². The molecule has 7 heteroatoms. The van der Waals surface area contributed by atoms with Crippen LogP contribution < -0.4 is 5.32 Å². The molecule has 1 aliphatic rings. The molecule has 0 aliphatic heterocycles. The van der Waals surface area contributed by atoms with Gasteiger partial charge in [0.2, 0.25) is 0 Å². The van der Waals surface area contributed by atoms with E-state index < -0.39 is 17.5 Å². The third kappa shape index (κ3) is 3.93. The van der Waals surface area contributed by atoms with Gasteiger partial charge in [-0.3, -0.25) is 10.1 Å². The van der Waals surface area contributed by atoms with E-state index in [1.165, 1.54) is 21.1 Å². The molecule has 2 rings (SSSR count). The summed E-state index contributed by atoms with van der Waals surface area (Å²) < 4.78 is 0. The minimum absolute atomic E-state index is 0.333. The van der Waals surface area contributed by atoms with Gasteiger partial charge in [0.1, 0.15) is 6.54 Å². The quantitative estimate of drug-likeness (QED) is 0.899. The molecule has 116 valence electrons. The van der Waals surface area contributed by atoms with Crippen molar-refractivity contribution in [2.24, 2.45) is 0 Å². The summed E-state index contributed by atoms with van der Waals surface area (Å²) in [6.45, 7) is 5.09. The van der Waals surface area contributed by atoms with E-state index in [4.69, 9.17) is 5.11 Å². The number of hydrogen-bond acceptors (Lipinski definition) is 4. The van der Waals surface area contributed by atoms with Gasteiger partial charge in [-0.2, -0.15) is 0 Å². The topological polar surface area (TPSA) is 82.5 Å². The highest BCUT2D eigenvalue weighted by atomic mass is 32.1.